The zero-order chi connectivity index (χ0) is 17.1. The van der Waals surface area contributed by atoms with Gasteiger partial charge in [0, 0.05) is 16.5 Å². The van der Waals surface area contributed by atoms with Crippen LogP contribution in [0.4, 0.5) is 5.82 Å². The third kappa shape index (κ3) is 3.16. The molecule has 0 saturated carbocycles. The van der Waals surface area contributed by atoms with Gasteiger partial charge in [0.05, 0.1) is 25.8 Å². The normalized spacial score (nSPS) is 11.2. The van der Waals surface area contributed by atoms with Gasteiger partial charge in [-0.1, -0.05) is 0 Å². The van der Waals surface area contributed by atoms with Gasteiger partial charge < -0.3 is 9.47 Å². The average Bonchev–Trinajstić information content (AvgIpc) is 2.89. The number of ether oxygens (including phenoxy) is 2. The molecule has 0 amide bonds. The smallest absolute Gasteiger partial charge is 0.158 e. The second kappa shape index (κ2) is 6.84. The Bertz CT molecular complexity index is 883. The van der Waals surface area contributed by atoms with Gasteiger partial charge in [-0.2, -0.15) is 5.10 Å². The number of hydrazone groups is 1. The fourth-order valence-electron chi connectivity index (χ4n) is 2.34. The summed E-state index contributed by atoms with van der Waals surface area (Å²) >= 11 is 1.66. The van der Waals surface area contributed by atoms with Crippen molar-refractivity contribution in [2.24, 2.45) is 5.10 Å². The molecule has 2 aromatic heterocycles. The van der Waals surface area contributed by atoms with Crippen LogP contribution in [0.5, 0.6) is 11.5 Å². The number of methoxy groups -OCH3 is 2. The Kier molecular flexibility index (Phi) is 4.61. The molecule has 0 aliphatic rings. The van der Waals surface area contributed by atoms with Gasteiger partial charge in [-0.25, -0.2) is 9.97 Å². The monoisotopic (exact) mass is 342 g/mol. The van der Waals surface area contributed by atoms with E-state index in [0.29, 0.717) is 17.3 Å². The number of rotatable bonds is 5. The van der Waals surface area contributed by atoms with Crippen molar-refractivity contribution in [3.8, 4) is 11.5 Å². The van der Waals surface area contributed by atoms with Crippen LogP contribution in [-0.2, 0) is 0 Å². The van der Waals surface area contributed by atoms with Crippen LogP contribution in [0.3, 0.4) is 0 Å². The molecule has 0 bridgehead atoms. The van der Waals surface area contributed by atoms with Gasteiger partial charge in [-0.05, 0) is 31.5 Å². The van der Waals surface area contributed by atoms with E-state index in [-0.39, 0.29) is 0 Å². The summed E-state index contributed by atoms with van der Waals surface area (Å²) < 4.78 is 10.5. The number of hydrogen-bond acceptors (Lipinski definition) is 7. The summed E-state index contributed by atoms with van der Waals surface area (Å²) in [5.74, 6) is 2.13. The van der Waals surface area contributed by atoms with Crippen LogP contribution in [0.25, 0.3) is 10.2 Å². The molecule has 1 N–H and O–H groups in total. The summed E-state index contributed by atoms with van der Waals surface area (Å²) in [4.78, 5) is 10.8. The van der Waals surface area contributed by atoms with E-state index in [2.05, 4.69) is 34.3 Å². The molecule has 7 heteroatoms. The van der Waals surface area contributed by atoms with Crippen LogP contribution < -0.4 is 14.9 Å². The first-order valence-corrected chi connectivity index (χ1v) is 8.17. The summed E-state index contributed by atoms with van der Waals surface area (Å²) in [6.07, 6.45) is 3.25. The molecular weight excluding hydrogens is 324 g/mol. The number of fused-ring (bicyclic) bond motifs is 1. The number of hydrogen-bond donors (Lipinski definition) is 1. The van der Waals surface area contributed by atoms with Crippen molar-refractivity contribution in [1.29, 1.82) is 0 Å². The largest absolute Gasteiger partial charge is 0.497 e. The van der Waals surface area contributed by atoms with E-state index in [1.54, 1.807) is 38.1 Å². The van der Waals surface area contributed by atoms with Gasteiger partial charge in [0.15, 0.2) is 5.82 Å². The van der Waals surface area contributed by atoms with E-state index in [1.165, 1.54) is 10.4 Å². The van der Waals surface area contributed by atoms with E-state index in [1.807, 2.05) is 18.2 Å². The lowest BCUT2D eigenvalue weighted by atomic mass is 10.2. The topological polar surface area (TPSA) is 68.6 Å². The zero-order valence-corrected chi connectivity index (χ0v) is 14.8. The number of nitrogens with one attached hydrogen (secondary N) is 1. The van der Waals surface area contributed by atoms with Gasteiger partial charge in [0.25, 0.3) is 0 Å². The molecule has 0 aliphatic carbocycles. The number of nitrogens with zero attached hydrogens (tertiary/aromatic N) is 3. The van der Waals surface area contributed by atoms with Crippen LogP contribution in [-0.4, -0.2) is 30.4 Å². The minimum absolute atomic E-state index is 0.702. The highest BCUT2D eigenvalue weighted by Gasteiger charge is 2.11. The standard InChI is InChI=1S/C17H18N4O2S/c1-10-11(2)24-17-15(10)16(18-9-19-17)21-20-8-12-5-13(22-3)7-14(6-12)23-4/h5-9H,1-4H3,(H,18,19,21). The average molecular weight is 342 g/mol. The predicted molar refractivity (Wildman–Crippen MR) is 97.7 cm³/mol. The van der Waals surface area contributed by atoms with Crippen molar-refractivity contribution >= 4 is 33.6 Å². The molecule has 1 aromatic carbocycles. The summed E-state index contributed by atoms with van der Waals surface area (Å²) in [5, 5.41) is 5.31. The van der Waals surface area contributed by atoms with Crippen LogP contribution in [0.15, 0.2) is 29.6 Å². The van der Waals surface area contributed by atoms with Crippen molar-refractivity contribution in [3.05, 3.63) is 40.5 Å². The van der Waals surface area contributed by atoms with E-state index < -0.39 is 0 Å². The molecule has 0 unspecified atom stereocenters. The predicted octanol–water partition coefficient (Wildman–Crippen LogP) is 3.77. The summed E-state index contributed by atoms with van der Waals surface area (Å²) in [5.41, 5.74) is 5.05. The number of anilines is 1. The summed E-state index contributed by atoms with van der Waals surface area (Å²) in [6.45, 7) is 4.15. The first-order chi connectivity index (χ1) is 11.6. The number of thiophene rings is 1. The number of benzene rings is 1. The van der Waals surface area contributed by atoms with Gasteiger partial charge in [-0.15, -0.1) is 11.3 Å². The first kappa shape index (κ1) is 16.2. The third-order valence-corrected chi connectivity index (χ3v) is 4.84. The maximum absolute atomic E-state index is 5.26. The quantitative estimate of drug-likeness (QED) is 0.564. The molecule has 0 fully saturated rings. The van der Waals surface area contributed by atoms with Crippen LogP contribution in [0, 0.1) is 13.8 Å². The lowest BCUT2D eigenvalue weighted by Crippen LogP contribution is -1.96. The molecule has 3 rings (SSSR count). The van der Waals surface area contributed by atoms with Crippen molar-refractivity contribution in [2.45, 2.75) is 13.8 Å². The summed E-state index contributed by atoms with van der Waals surface area (Å²) in [7, 11) is 3.24. The molecule has 0 atom stereocenters. The Balaban J connectivity index is 1.87. The van der Waals surface area contributed by atoms with Gasteiger partial charge in [0.2, 0.25) is 0 Å². The van der Waals surface area contributed by atoms with Gasteiger partial charge in [-0.3, -0.25) is 5.43 Å². The van der Waals surface area contributed by atoms with E-state index in [9.17, 15) is 0 Å². The highest BCUT2D eigenvalue weighted by atomic mass is 32.1. The SMILES string of the molecule is COc1cc(C=NNc2ncnc3sc(C)c(C)c23)cc(OC)c1. The number of aryl methyl sites for hydroxylation is 2. The van der Waals surface area contributed by atoms with Crippen LogP contribution >= 0.6 is 11.3 Å². The maximum Gasteiger partial charge on any atom is 0.158 e. The van der Waals surface area contributed by atoms with Crippen molar-refractivity contribution in [2.75, 3.05) is 19.6 Å². The van der Waals surface area contributed by atoms with Crippen LogP contribution in [0.2, 0.25) is 0 Å². The molecular formula is C17H18N4O2S. The van der Waals surface area contributed by atoms with E-state index in [0.717, 1.165) is 15.8 Å². The minimum atomic E-state index is 0.702. The third-order valence-electron chi connectivity index (χ3n) is 3.72. The highest BCUT2D eigenvalue weighted by molar-refractivity contribution is 7.18. The van der Waals surface area contributed by atoms with Crippen molar-refractivity contribution < 1.29 is 9.47 Å². The Morgan fingerprint density at radius 2 is 1.79 bits per heavy atom. The van der Waals surface area contributed by atoms with E-state index >= 15 is 0 Å². The minimum Gasteiger partial charge on any atom is -0.497 e. The second-order valence-electron chi connectivity index (χ2n) is 5.20. The molecule has 0 spiro atoms. The maximum atomic E-state index is 5.26. The lowest BCUT2D eigenvalue weighted by molar-refractivity contribution is 0.394. The van der Waals surface area contributed by atoms with Crippen molar-refractivity contribution in [1.82, 2.24) is 9.97 Å². The molecule has 6 nitrogen and oxygen atoms in total. The Hall–Kier alpha value is -2.67. The Morgan fingerprint density at radius 3 is 2.46 bits per heavy atom. The molecule has 0 radical (unpaired) electrons. The molecule has 124 valence electrons. The molecule has 24 heavy (non-hydrogen) atoms. The van der Waals surface area contributed by atoms with E-state index in [4.69, 9.17) is 9.47 Å². The Labute approximate surface area is 144 Å². The fraction of sp³-hybridized carbons (Fsp3) is 0.235. The lowest BCUT2D eigenvalue weighted by Gasteiger charge is -2.06. The van der Waals surface area contributed by atoms with Crippen LogP contribution in [0.1, 0.15) is 16.0 Å². The highest BCUT2D eigenvalue weighted by Crippen LogP contribution is 2.32. The molecule has 0 saturated heterocycles. The first-order valence-electron chi connectivity index (χ1n) is 7.35. The number of aromatic nitrogens is 2. The molecule has 3 aromatic rings. The zero-order valence-electron chi connectivity index (χ0n) is 14.0. The summed E-state index contributed by atoms with van der Waals surface area (Å²) in [6, 6.07) is 5.57. The van der Waals surface area contributed by atoms with Gasteiger partial charge >= 0.3 is 0 Å². The van der Waals surface area contributed by atoms with Gasteiger partial charge in [0.1, 0.15) is 22.7 Å². The Morgan fingerprint density at radius 1 is 1.08 bits per heavy atom. The second-order valence-corrected chi connectivity index (χ2v) is 6.40. The molecule has 0 aliphatic heterocycles. The fourth-order valence-corrected chi connectivity index (χ4v) is 3.34. The van der Waals surface area contributed by atoms with Crippen molar-refractivity contribution in [3.63, 3.8) is 0 Å². The molecule has 2 heterocycles.